The molecular formula is C17H32N2O2. The van der Waals surface area contributed by atoms with Gasteiger partial charge in [0.2, 0.25) is 11.8 Å². The molecule has 0 aromatic heterocycles. The molecule has 2 amide bonds. The van der Waals surface area contributed by atoms with Gasteiger partial charge in [-0.3, -0.25) is 9.59 Å². The van der Waals surface area contributed by atoms with Crippen molar-refractivity contribution in [2.75, 3.05) is 0 Å². The Morgan fingerprint density at radius 2 is 1.67 bits per heavy atom. The molecule has 1 aliphatic rings. The van der Waals surface area contributed by atoms with Gasteiger partial charge in [0.25, 0.3) is 0 Å². The van der Waals surface area contributed by atoms with Crippen molar-refractivity contribution in [2.45, 2.75) is 85.9 Å². The first-order valence-corrected chi connectivity index (χ1v) is 8.25. The molecular weight excluding hydrogens is 264 g/mol. The van der Waals surface area contributed by atoms with Crippen LogP contribution in [0.25, 0.3) is 0 Å². The molecule has 2 atom stereocenters. The van der Waals surface area contributed by atoms with E-state index in [4.69, 9.17) is 0 Å². The third kappa shape index (κ3) is 3.98. The van der Waals surface area contributed by atoms with Crippen LogP contribution in [0.3, 0.4) is 0 Å². The summed E-state index contributed by atoms with van der Waals surface area (Å²) in [6, 6.07) is -0.600. The Morgan fingerprint density at radius 3 is 2.05 bits per heavy atom. The molecule has 0 radical (unpaired) electrons. The maximum atomic E-state index is 12.9. The molecule has 4 nitrogen and oxygen atoms in total. The van der Waals surface area contributed by atoms with Crippen LogP contribution in [0.4, 0.5) is 0 Å². The average molecular weight is 296 g/mol. The highest BCUT2D eigenvalue weighted by Crippen LogP contribution is 2.31. The molecule has 4 heteroatoms. The molecule has 1 aliphatic heterocycles. The topological polar surface area (TPSA) is 49.4 Å². The lowest BCUT2D eigenvalue weighted by molar-refractivity contribution is -0.157. The lowest BCUT2D eigenvalue weighted by atomic mass is 9.81. The van der Waals surface area contributed by atoms with Crippen molar-refractivity contribution in [1.29, 1.82) is 0 Å². The predicted octanol–water partition coefficient (Wildman–Crippen LogP) is 2.96. The fraction of sp³-hybridized carbons (Fsp3) is 0.882. The number of carbonyl (C=O) groups is 2. The minimum Gasteiger partial charge on any atom is -0.342 e. The Bertz CT molecular complexity index is 381. The molecule has 1 rings (SSSR count). The second-order valence-corrected chi connectivity index (χ2v) is 7.68. The van der Waals surface area contributed by atoms with Gasteiger partial charge in [0, 0.05) is 6.04 Å². The number of rotatable bonds is 5. The second kappa shape index (κ2) is 6.80. The molecule has 1 N–H and O–H groups in total. The van der Waals surface area contributed by atoms with E-state index in [2.05, 4.69) is 33.0 Å². The SMILES string of the molecule is CCC(CC)N1C(=O)C(CC(C)C)NC(=O)C1C(C)(C)C. The van der Waals surface area contributed by atoms with Gasteiger partial charge in [-0.05, 0) is 30.6 Å². The molecule has 0 spiro atoms. The van der Waals surface area contributed by atoms with Gasteiger partial charge in [0.15, 0.2) is 0 Å². The highest BCUT2D eigenvalue weighted by molar-refractivity contribution is 5.97. The average Bonchev–Trinajstić information content (AvgIpc) is 2.33. The van der Waals surface area contributed by atoms with Gasteiger partial charge < -0.3 is 10.2 Å². The smallest absolute Gasteiger partial charge is 0.246 e. The quantitative estimate of drug-likeness (QED) is 0.848. The van der Waals surface area contributed by atoms with E-state index < -0.39 is 0 Å². The fourth-order valence-corrected chi connectivity index (χ4v) is 3.26. The Hall–Kier alpha value is -1.06. The van der Waals surface area contributed by atoms with Gasteiger partial charge in [0.1, 0.15) is 12.1 Å². The van der Waals surface area contributed by atoms with Crippen LogP contribution in [0.2, 0.25) is 0 Å². The summed E-state index contributed by atoms with van der Waals surface area (Å²) in [6.45, 7) is 14.4. The van der Waals surface area contributed by atoms with Crippen molar-refractivity contribution in [3.63, 3.8) is 0 Å². The number of hydrogen-bond acceptors (Lipinski definition) is 2. The van der Waals surface area contributed by atoms with Gasteiger partial charge >= 0.3 is 0 Å². The molecule has 0 aromatic carbocycles. The zero-order valence-corrected chi connectivity index (χ0v) is 14.7. The molecule has 0 aromatic rings. The molecule has 1 saturated heterocycles. The van der Waals surface area contributed by atoms with Crippen LogP contribution in [-0.4, -0.2) is 34.8 Å². The highest BCUT2D eigenvalue weighted by Gasteiger charge is 2.47. The zero-order valence-electron chi connectivity index (χ0n) is 14.7. The Balaban J connectivity index is 3.17. The minimum atomic E-state index is -0.377. The Morgan fingerprint density at radius 1 is 1.14 bits per heavy atom. The van der Waals surface area contributed by atoms with Crippen molar-refractivity contribution in [3.05, 3.63) is 0 Å². The maximum Gasteiger partial charge on any atom is 0.246 e. The lowest BCUT2D eigenvalue weighted by Crippen LogP contribution is -2.68. The first-order valence-electron chi connectivity index (χ1n) is 8.25. The van der Waals surface area contributed by atoms with Crippen LogP contribution in [0.5, 0.6) is 0 Å². The Kier molecular flexibility index (Phi) is 5.83. The van der Waals surface area contributed by atoms with Gasteiger partial charge in [0.05, 0.1) is 0 Å². The molecule has 2 unspecified atom stereocenters. The van der Waals surface area contributed by atoms with E-state index >= 15 is 0 Å². The number of hydrogen-bond donors (Lipinski definition) is 1. The first-order chi connectivity index (χ1) is 9.63. The summed E-state index contributed by atoms with van der Waals surface area (Å²) >= 11 is 0. The van der Waals surface area contributed by atoms with Crippen LogP contribution in [0.1, 0.15) is 67.7 Å². The highest BCUT2D eigenvalue weighted by atomic mass is 16.2. The van der Waals surface area contributed by atoms with Gasteiger partial charge in [-0.2, -0.15) is 0 Å². The van der Waals surface area contributed by atoms with Crippen LogP contribution in [0.15, 0.2) is 0 Å². The summed E-state index contributed by atoms with van der Waals surface area (Å²) in [6.07, 6.45) is 2.48. The largest absolute Gasteiger partial charge is 0.342 e. The molecule has 21 heavy (non-hydrogen) atoms. The summed E-state index contributed by atoms with van der Waals surface area (Å²) < 4.78 is 0. The summed E-state index contributed by atoms with van der Waals surface area (Å²) in [4.78, 5) is 27.4. The van der Waals surface area contributed by atoms with Crippen LogP contribution < -0.4 is 5.32 Å². The summed E-state index contributed by atoms with van der Waals surface area (Å²) in [5, 5.41) is 2.96. The number of nitrogens with one attached hydrogen (secondary N) is 1. The van der Waals surface area contributed by atoms with E-state index in [1.807, 2.05) is 25.7 Å². The number of amides is 2. The van der Waals surface area contributed by atoms with Gasteiger partial charge in [-0.1, -0.05) is 48.5 Å². The van der Waals surface area contributed by atoms with Crippen LogP contribution in [0, 0.1) is 11.3 Å². The summed E-state index contributed by atoms with van der Waals surface area (Å²) in [5.41, 5.74) is -0.259. The van der Waals surface area contributed by atoms with E-state index in [0.29, 0.717) is 12.3 Å². The minimum absolute atomic E-state index is 0.000324. The number of carbonyl (C=O) groups excluding carboxylic acids is 2. The molecule has 0 aliphatic carbocycles. The van der Waals surface area contributed by atoms with Crippen molar-refractivity contribution in [3.8, 4) is 0 Å². The van der Waals surface area contributed by atoms with Crippen molar-refractivity contribution < 1.29 is 9.59 Å². The number of nitrogens with zero attached hydrogens (tertiary/aromatic N) is 1. The van der Waals surface area contributed by atoms with Gasteiger partial charge in [-0.15, -0.1) is 0 Å². The van der Waals surface area contributed by atoms with Gasteiger partial charge in [-0.25, -0.2) is 0 Å². The molecule has 1 fully saturated rings. The zero-order chi connectivity index (χ0) is 16.4. The first kappa shape index (κ1) is 18.0. The second-order valence-electron chi connectivity index (χ2n) is 7.68. The third-order valence-electron chi connectivity index (χ3n) is 4.26. The van der Waals surface area contributed by atoms with Crippen LogP contribution >= 0.6 is 0 Å². The van der Waals surface area contributed by atoms with E-state index in [1.165, 1.54) is 0 Å². The molecule has 0 bridgehead atoms. The normalized spacial score (nSPS) is 24.0. The summed E-state index contributed by atoms with van der Waals surface area (Å²) in [5.74, 6) is 0.477. The number of piperazine rings is 1. The standard InChI is InChI=1S/C17H32N2O2/c1-8-12(9-2)19-14(17(5,6)7)15(20)18-13(16(19)21)10-11(3)4/h11-14H,8-10H2,1-7H3,(H,18,20). The maximum absolute atomic E-state index is 12.9. The lowest BCUT2D eigenvalue weighted by Gasteiger charge is -2.48. The van der Waals surface area contributed by atoms with E-state index in [-0.39, 0.29) is 35.4 Å². The summed E-state index contributed by atoms with van der Waals surface area (Å²) in [7, 11) is 0. The van der Waals surface area contributed by atoms with E-state index in [1.54, 1.807) is 0 Å². The van der Waals surface area contributed by atoms with Crippen molar-refractivity contribution >= 4 is 11.8 Å². The molecule has 0 saturated carbocycles. The fourth-order valence-electron chi connectivity index (χ4n) is 3.26. The van der Waals surface area contributed by atoms with E-state index in [0.717, 1.165) is 12.8 Å². The van der Waals surface area contributed by atoms with Crippen LogP contribution in [-0.2, 0) is 9.59 Å². The monoisotopic (exact) mass is 296 g/mol. The van der Waals surface area contributed by atoms with E-state index in [9.17, 15) is 9.59 Å². The molecule has 122 valence electrons. The Labute approximate surface area is 129 Å². The van der Waals surface area contributed by atoms with Crippen molar-refractivity contribution in [1.82, 2.24) is 10.2 Å². The van der Waals surface area contributed by atoms with Crippen molar-refractivity contribution in [2.24, 2.45) is 11.3 Å². The predicted molar refractivity (Wildman–Crippen MR) is 85.8 cm³/mol. The third-order valence-corrected chi connectivity index (χ3v) is 4.26. The molecule has 1 heterocycles.